The topological polar surface area (TPSA) is 67.4 Å². The van der Waals surface area contributed by atoms with Crippen LogP contribution in [-0.2, 0) is 6.54 Å². The van der Waals surface area contributed by atoms with Crippen molar-refractivity contribution in [2.24, 2.45) is 4.99 Å². The van der Waals surface area contributed by atoms with Crippen LogP contribution in [-0.4, -0.2) is 53.0 Å². The van der Waals surface area contributed by atoms with Crippen molar-refractivity contribution < 1.29 is 14.2 Å². The van der Waals surface area contributed by atoms with Crippen molar-refractivity contribution in [2.45, 2.75) is 32.4 Å². The molecule has 0 bridgehead atoms. The summed E-state index contributed by atoms with van der Waals surface area (Å²) in [6.45, 7) is 5.48. The normalized spacial score (nSPS) is 14.6. The van der Waals surface area contributed by atoms with Crippen LogP contribution in [0.2, 0.25) is 0 Å². The highest BCUT2D eigenvalue weighted by molar-refractivity contribution is 14.0. The van der Waals surface area contributed by atoms with E-state index in [0.29, 0.717) is 29.8 Å². The van der Waals surface area contributed by atoms with Crippen molar-refractivity contribution in [2.75, 3.05) is 45.9 Å². The van der Waals surface area contributed by atoms with Crippen LogP contribution in [0, 0.1) is 0 Å². The molecular weight excluding hydrogens is 527 g/mol. The van der Waals surface area contributed by atoms with Crippen LogP contribution < -0.4 is 29.7 Å². The molecule has 0 atom stereocenters. The van der Waals surface area contributed by atoms with E-state index in [0.717, 1.165) is 44.0 Å². The molecule has 1 saturated heterocycles. The fourth-order valence-electron chi connectivity index (χ4n) is 3.66. The Bertz CT molecular complexity index is 824. The minimum Gasteiger partial charge on any atom is -0.493 e. The highest BCUT2D eigenvalue weighted by atomic mass is 127. The maximum atomic E-state index is 5.58. The first-order chi connectivity index (χ1) is 14.7. The van der Waals surface area contributed by atoms with Gasteiger partial charge in [-0.05, 0) is 49.4 Å². The van der Waals surface area contributed by atoms with Gasteiger partial charge in [0.1, 0.15) is 0 Å². The van der Waals surface area contributed by atoms with E-state index in [9.17, 15) is 0 Å². The average Bonchev–Trinajstić information content (AvgIpc) is 3.32. The predicted octanol–water partition coefficient (Wildman–Crippen LogP) is 4.12. The molecular formula is C22H33IN4O3S. The largest absolute Gasteiger partial charge is 0.493 e. The Morgan fingerprint density at radius 2 is 1.84 bits per heavy atom. The van der Waals surface area contributed by atoms with Crippen molar-refractivity contribution >= 4 is 46.3 Å². The van der Waals surface area contributed by atoms with Crippen LogP contribution in [0.15, 0.2) is 34.6 Å². The third kappa shape index (κ3) is 6.55. The zero-order valence-electron chi connectivity index (χ0n) is 18.6. The average molecular weight is 561 g/mol. The molecule has 0 spiro atoms. The Labute approximate surface area is 206 Å². The molecule has 0 aliphatic carbocycles. The van der Waals surface area contributed by atoms with Gasteiger partial charge in [-0.25, -0.2) is 4.99 Å². The van der Waals surface area contributed by atoms with Crippen LogP contribution in [0.4, 0.5) is 5.00 Å². The van der Waals surface area contributed by atoms with Crippen LogP contribution >= 0.6 is 35.3 Å². The van der Waals surface area contributed by atoms with Crippen molar-refractivity contribution in [3.63, 3.8) is 0 Å². The number of methoxy groups -OCH3 is 3. The Hall–Kier alpha value is -1.88. The molecule has 1 aliphatic rings. The lowest BCUT2D eigenvalue weighted by molar-refractivity contribution is 0.322. The number of hydrogen-bond donors (Lipinski definition) is 2. The van der Waals surface area contributed by atoms with Gasteiger partial charge in [0.05, 0.1) is 32.9 Å². The molecule has 2 aromatic rings. The van der Waals surface area contributed by atoms with Crippen molar-refractivity contribution in [1.82, 2.24) is 10.6 Å². The summed E-state index contributed by atoms with van der Waals surface area (Å²) in [6, 6.07) is 8.56. The summed E-state index contributed by atoms with van der Waals surface area (Å²) in [5, 5.41) is 10.5. The zero-order chi connectivity index (χ0) is 21.3. The van der Waals surface area contributed by atoms with Gasteiger partial charge in [-0.3, -0.25) is 0 Å². The summed E-state index contributed by atoms with van der Waals surface area (Å²) in [5.74, 6) is 2.71. The predicted molar refractivity (Wildman–Crippen MR) is 139 cm³/mol. The number of rotatable bonds is 8. The number of benzene rings is 1. The lowest BCUT2D eigenvalue weighted by atomic mass is 10.1. The monoisotopic (exact) mass is 560 g/mol. The molecule has 0 unspecified atom stereocenters. The van der Waals surface area contributed by atoms with Crippen LogP contribution in [0.25, 0.3) is 0 Å². The molecule has 0 saturated carbocycles. The maximum absolute atomic E-state index is 5.58. The fraction of sp³-hybridized carbons (Fsp3) is 0.500. The quantitative estimate of drug-likeness (QED) is 0.288. The molecule has 0 amide bonds. The highest BCUT2D eigenvalue weighted by Gasteiger charge is 2.21. The molecule has 1 aromatic carbocycles. The third-order valence-corrected chi connectivity index (χ3v) is 6.12. The van der Waals surface area contributed by atoms with Crippen LogP contribution in [0.1, 0.15) is 25.3 Å². The first kappa shape index (κ1) is 25.4. The van der Waals surface area contributed by atoms with Gasteiger partial charge in [-0.1, -0.05) is 0 Å². The van der Waals surface area contributed by atoms with E-state index in [4.69, 9.17) is 19.2 Å². The van der Waals surface area contributed by atoms with E-state index in [2.05, 4.69) is 40.0 Å². The van der Waals surface area contributed by atoms with Gasteiger partial charge >= 0.3 is 0 Å². The second-order valence-corrected chi connectivity index (χ2v) is 7.97. The first-order valence-corrected chi connectivity index (χ1v) is 11.2. The molecule has 7 nitrogen and oxygen atoms in total. The van der Waals surface area contributed by atoms with Crippen molar-refractivity contribution in [3.05, 3.63) is 35.2 Å². The summed E-state index contributed by atoms with van der Waals surface area (Å²) in [4.78, 5) is 7.25. The van der Waals surface area contributed by atoms with Crippen molar-refractivity contribution in [1.29, 1.82) is 0 Å². The summed E-state index contributed by atoms with van der Waals surface area (Å²) in [6.07, 6.45) is 2.17. The van der Waals surface area contributed by atoms with E-state index in [-0.39, 0.29) is 24.0 Å². The lowest BCUT2D eigenvalue weighted by Crippen LogP contribution is -2.48. The van der Waals surface area contributed by atoms with Gasteiger partial charge in [0.2, 0.25) is 5.75 Å². The molecule has 0 radical (unpaired) electrons. The standard InChI is InChI=1S/C22H32N4O3S.HI/c1-5-23-22(25-17-10-12-26(13-11-17)19-7-6-14-30-19)24-15-16-8-9-18(27-2)21(29-4)20(16)28-3;/h6-9,14,17H,5,10-13,15H2,1-4H3,(H2,23,24,25);1H. The number of thiophene rings is 1. The van der Waals surface area contributed by atoms with Gasteiger partial charge in [0.15, 0.2) is 17.5 Å². The molecule has 1 aliphatic heterocycles. The second kappa shape index (κ2) is 12.8. The fourth-order valence-corrected chi connectivity index (χ4v) is 4.44. The number of hydrogen-bond acceptors (Lipinski definition) is 6. The summed E-state index contributed by atoms with van der Waals surface area (Å²) in [7, 11) is 4.86. The summed E-state index contributed by atoms with van der Waals surface area (Å²) >= 11 is 1.81. The maximum Gasteiger partial charge on any atom is 0.203 e. The van der Waals surface area contributed by atoms with E-state index < -0.39 is 0 Å². The number of nitrogens with zero attached hydrogens (tertiary/aromatic N) is 2. The Morgan fingerprint density at radius 3 is 2.42 bits per heavy atom. The van der Waals surface area contributed by atoms with E-state index in [1.165, 1.54) is 5.00 Å². The van der Waals surface area contributed by atoms with Gasteiger partial charge in [0, 0.05) is 31.2 Å². The highest BCUT2D eigenvalue weighted by Crippen LogP contribution is 2.40. The molecule has 172 valence electrons. The first-order valence-electron chi connectivity index (χ1n) is 10.3. The number of anilines is 1. The van der Waals surface area contributed by atoms with Crippen LogP contribution in [0.3, 0.4) is 0 Å². The minimum atomic E-state index is 0. The lowest BCUT2D eigenvalue weighted by Gasteiger charge is -2.33. The molecule has 2 heterocycles. The van der Waals surface area contributed by atoms with Gasteiger partial charge in [-0.2, -0.15) is 0 Å². The van der Waals surface area contributed by atoms with E-state index in [1.54, 1.807) is 32.7 Å². The van der Waals surface area contributed by atoms with Gasteiger partial charge in [0.25, 0.3) is 0 Å². The minimum absolute atomic E-state index is 0. The second-order valence-electron chi connectivity index (χ2n) is 7.05. The molecule has 3 rings (SSSR count). The third-order valence-electron chi connectivity index (χ3n) is 5.19. The Balaban J connectivity index is 0.00000341. The SMILES string of the molecule is CCNC(=NCc1ccc(OC)c(OC)c1OC)NC1CCN(c2cccs2)CC1.I. The molecule has 1 aromatic heterocycles. The van der Waals surface area contributed by atoms with Crippen LogP contribution in [0.5, 0.6) is 17.2 Å². The van der Waals surface area contributed by atoms with Gasteiger partial charge in [-0.15, -0.1) is 35.3 Å². The summed E-state index contributed by atoms with van der Waals surface area (Å²) in [5.41, 5.74) is 0.944. The molecule has 9 heteroatoms. The Kier molecular flexibility index (Phi) is 10.5. The van der Waals surface area contributed by atoms with Crippen molar-refractivity contribution in [3.8, 4) is 17.2 Å². The number of aliphatic imine (C=N–C) groups is 1. The molecule has 2 N–H and O–H groups in total. The molecule has 31 heavy (non-hydrogen) atoms. The Morgan fingerprint density at radius 1 is 1.10 bits per heavy atom. The number of guanidine groups is 1. The van der Waals surface area contributed by atoms with Gasteiger partial charge < -0.3 is 29.7 Å². The summed E-state index contributed by atoms with van der Waals surface area (Å²) < 4.78 is 16.4. The van der Waals surface area contributed by atoms with E-state index in [1.807, 2.05) is 12.1 Å². The van der Waals surface area contributed by atoms with E-state index >= 15 is 0 Å². The smallest absolute Gasteiger partial charge is 0.203 e. The number of ether oxygens (including phenoxy) is 3. The zero-order valence-corrected chi connectivity index (χ0v) is 21.8. The number of piperidine rings is 1. The number of halogens is 1. The number of nitrogens with one attached hydrogen (secondary N) is 2. The molecule has 1 fully saturated rings.